The Morgan fingerprint density at radius 3 is 2.71 bits per heavy atom. The monoisotopic (exact) mass is 235 g/mol. The number of ether oxygens (including phenoxy) is 1. The fraction of sp³-hybridized carbons (Fsp3) is 0.571. The Kier molecular flexibility index (Phi) is 3.57. The first-order chi connectivity index (χ1) is 8.13. The summed E-state index contributed by atoms with van der Waals surface area (Å²) in [5, 5.41) is 13.6. The Labute approximate surface area is 103 Å². The van der Waals surface area contributed by atoms with Crippen LogP contribution in [0.5, 0.6) is 11.5 Å². The molecule has 17 heavy (non-hydrogen) atoms. The molecule has 0 radical (unpaired) electrons. The first kappa shape index (κ1) is 12.2. The van der Waals surface area contributed by atoms with E-state index in [-0.39, 0.29) is 11.8 Å². The average Bonchev–Trinajstić information content (AvgIpc) is 2.82. The number of rotatable bonds is 3. The lowest BCUT2D eigenvalue weighted by Gasteiger charge is -2.18. The van der Waals surface area contributed by atoms with Crippen molar-refractivity contribution in [3.63, 3.8) is 0 Å². The molecule has 1 unspecified atom stereocenters. The molecule has 2 N–H and O–H groups in total. The van der Waals surface area contributed by atoms with E-state index in [1.54, 1.807) is 7.11 Å². The van der Waals surface area contributed by atoms with Crippen LogP contribution in [-0.2, 0) is 0 Å². The fourth-order valence-electron chi connectivity index (χ4n) is 2.36. The Balaban J connectivity index is 2.44. The molecule has 1 fully saturated rings. The van der Waals surface area contributed by atoms with Gasteiger partial charge >= 0.3 is 0 Å². The van der Waals surface area contributed by atoms with Crippen molar-refractivity contribution in [1.29, 1.82) is 0 Å². The van der Waals surface area contributed by atoms with Gasteiger partial charge in [0.25, 0.3) is 0 Å². The van der Waals surface area contributed by atoms with Crippen LogP contribution in [0.3, 0.4) is 0 Å². The average molecular weight is 235 g/mol. The molecule has 1 aliphatic rings. The zero-order chi connectivity index (χ0) is 12.4. The van der Waals surface area contributed by atoms with Crippen molar-refractivity contribution in [1.82, 2.24) is 5.32 Å². The lowest BCUT2D eigenvalue weighted by molar-refractivity contribution is 0.366. The summed E-state index contributed by atoms with van der Waals surface area (Å²) >= 11 is 0. The van der Waals surface area contributed by atoms with Crippen LogP contribution in [0.2, 0.25) is 0 Å². The van der Waals surface area contributed by atoms with Gasteiger partial charge in [-0.05, 0) is 43.0 Å². The summed E-state index contributed by atoms with van der Waals surface area (Å²) in [6.07, 6.45) is 2.25. The van der Waals surface area contributed by atoms with Gasteiger partial charge in [-0.1, -0.05) is 13.8 Å². The molecule has 1 aromatic carbocycles. The number of nitrogens with one attached hydrogen (secondary N) is 1. The summed E-state index contributed by atoms with van der Waals surface area (Å²) in [4.78, 5) is 0. The highest BCUT2D eigenvalue weighted by atomic mass is 16.5. The van der Waals surface area contributed by atoms with Gasteiger partial charge in [-0.2, -0.15) is 0 Å². The van der Waals surface area contributed by atoms with E-state index in [1.165, 1.54) is 12.0 Å². The van der Waals surface area contributed by atoms with Crippen LogP contribution in [-0.4, -0.2) is 18.8 Å². The highest BCUT2D eigenvalue weighted by molar-refractivity contribution is 5.50. The summed E-state index contributed by atoms with van der Waals surface area (Å²) in [6, 6.07) is 4.30. The van der Waals surface area contributed by atoms with Crippen molar-refractivity contribution in [3.05, 3.63) is 23.3 Å². The van der Waals surface area contributed by atoms with Crippen molar-refractivity contribution >= 4 is 0 Å². The Bertz CT molecular complexity index is 395. The minimum atomic E-state index is 0.266. The number of methoxy groups -OCH3 is 1. The van der Waals surface area contributed by atoms with E-state index in [9.17, 15) is 5.11 Å². The van der Waals surface area contributed by atoms with E-state index < -0.39 is 0 Å². The van der Waals surface area contributed by atoms with Crippen molar-refractivity contribution in [2.24, 2.45) is 0 Å². The summed E-state index contributed by atoms with van der Waals surface area (Å²) in [6.45, 7) is 5.33. The quantitative estimate of drug-likeness (QED) is 0.846. The Morgan fingerprint density at radius 1 is 1.41 bits per heavy atom. The van der Waals surface area contributed by atoms with E-state index >= 15 is 0 Å². The fourth-order valence-corrected chi connectivity index (χ4v) is 2.36. The zero-order valence-corrected chi connectivity index (χ0v) is 10.8. The Morgan fingerprint density at radius 2 is 2.18 bits per heavy atom. The van der Waals surface area contributed by atoms with Gasteiger partial charge in [0.15, 0.2) is 11.5 Å². The van der Waals surface area contributed by atoms with Crippen molar-refractivity contribution in [2.45, 2.75) is 38.6 Å². The van der Waals surface area contributed by atoms with Gasteiger partial charge < -0.3 is 15.2 Å². The highest BCUT2D eigenvalue weighted by Crippen LogP contribution is 2.39. The molecule has 1 atom stereocenters. The zero-order valence-electron chi connectivity index (χ0n) is 10.8. The predicted octanol–water partition coefficient (Wildman–Crippen LogP) is 2.95. The maximum atomic E-state index is 10.2. The van der Waals surface area contributed by atoms with Crippen LogP contribution in [0.1, 0.15) is 49.8 Å². The molecule has 1 aromatic rings. The number of hydrogen-bond acceptors (Lipinski definition) is 3. The van der Waals surface area contributed by atoms with Gasteiger partial charge in [0.2, 0.25) is 0 Å². The SMILES string of the molecule is COc1cc(C(C)C)cc(C2CCCN2)c1O. The van der Waals surface area contributed by atoms with Gasteiger partial charge in [0.1, 0.15) is 0 Å². The topological polar surface area (TPSA) is 41.5 Å². The summed E-state index contributed by atoms with van der Waals surface area (Å²) in [5.41, 5.74) is 2.19. The maximum absolute atomic E-state index is 10.2. The molecule has 0 spiro atoms. The minimum absolute atomic E-state index is 0.266. The molecule has 2 rings (SSSR count). The second-order valence-electron chi connectivity index (χ2n) is 4.96. The number of benzene rings is 1. The molecule has 3 nitrogen and oxygen atoms in total. The van der Waals surface area contributed by atoms with Gasteiger partial charge in [-0.25, -0.2) is 0 Å². The lowest BCUT2D eigenvalue weighted by Crippen LogP contribution is -2.13. The molecular formula is C14H21NO2. The first-order valence-corrected chi connectivity index (χ1v) is 6.27. The molecule has 0 aromatic heterocycles. The lowest BCUT2D eigenvalue weighted by atomic mass is 9.95. The van der Waals surface area contributed by atoms with E-state index in [2.05, 4.69) is 25.2 Å². The molecule has 0 amide bonds. The van der Waals surface area contributed by atoms with Crippen LogP contribution >= 0.6 is 0 Å². The number of hydrogen-bond donors (Lipinski definition) is 2. The molecular weight excluding hydrogens is 214 g/mol. The third kappa shape index (κ3) is 2.39. The van der Waals surface area contributed by atoms with Crippen molar-refractivity contribution in [2.75, 3.05) is 13.7 Å². The number of phenolic OH excluding ortho intramolecular Hbond substituents is 1. The molecule has 1 saturated heterocycles. The molecule has 1 heterocycles. The molecule has 3 heteroatoms. The normalized spacial score (nSPS) is 19.9. The van der Waals surface area contributed by atoms with Crippen LogP contribution in [0.25, 0.3) is 0 Å². The van der Waals surface area contributed by atoms with Gasteiger partial charge in [0, 0.05) is 11.6 Å². The standard InChI is InChI=1S/C14H21NO2/c1-9(2)10-7-11(12-5-4-6-15-12)14(16)13(8-10)17-3/h7-9,12,15-16H,4-6H2,1-3H3. The molecule has 0 saturated carbocycles. The summed E-state index contributed by atoms with van der Waals surface area (Å²) < 4.78 is 5.26. The van der Waals surface area contributed by atoms with Gasteiger partial charge in [-0.3, -0.25) is 0 Å². The van der Waals surface area contributed by atoms with Crippen LogP contribution in [0.4, 0.5) is 0 Å². The number of phenols is 1. The second kappa shape index (κ2) is 4.96. The van der Waals surface area contributed by atoms with E-state index in [1.807, 2.05) is 6.07 Å². The van der Waals surface area contributed by atoms with E-state index in [4.69, 9.17) is 4.74 Å². The van der Waals surface area contributed by atoms with Crippen LogP contribution < -0.4 is 10.1 Å². The Hall–Kier alpha value is -1.22. The van der Waals surface area contributed by atoms with Crippen LogP contribution in [0, 0.1) is 0 Å². The van der Waals surface area contributed by atoms with Gasteiger partial charge in [0.05, 0.1) is 7.11 Å². The minimum Gasteiger partial charge on any atom is -0.504 e. The van der Waals surface area contributed by atoms with Crippen LogP contribution in [0.15, 0.2) is 12.1 Å². The predicted molar refractivity (Wildman–Crippen MR) is 68.7 cm³/mol. The smallest absolute Gasteiger partial charge is 0.162 e. The third-order valence-corrected chi connectivity index (χ3v) is 3.45. The number of aromatic hydroxyl groups is 1. The maximum Gasteiger partial charge on any atom is 0.162 e. The first-order valence-electron chi connectivity index (χ1n) is 6.27. The summed E-state index contributed by atoms with van der Waals surface area (Å²) in [5.74, 6) is 1.31. The van der Waals surface area contributed by atoms with Crippen molar-refractivity contribution in [3.8, 4) is 11.5 Å². The van der Waals surface area contributed by atoms with E-state index in [0.29, 0.717) is 11.7 Å². The highest BCUT2D eigenvalue weighted by Gasteiger charge is 2.22. The summed E-state index contributed by atoms with van der Waals surface area (Å²) in [7, 11) is 1.60. The van der Waals surface area contributed by atoms with Crippen molar-refractivity contribution < 1.29 is 9.84 Å². The third-order valence-electron chi connectivity index (χ3n) is 3.45. The second-order valence-corrected chi connectivity index (χ2v) is 4.96. The largest absolute Gasteiger partial charge is 0.504 e. The molecule has 0 bridgehead atoms. The van der Waals surface area contributed by atoms with E-state index in [0.717, 1.165) is 18.5 Å². The molecule has 1 aliphatic heterocycles. The van der Waals surface area contributed by atoms with Gasteiger partial charge in [-0.15, -0.1) is 0 Å². The molecule has 0 aliphatic carbocycles. The molecule has 94 valence electrons.